The molecule has 1 aromatic heterocycles. The van der Waals surface area contributed by atoms with Crippen LogP contribution in [0.4, 0.5) is 5.69 Å². The van der Waals surface area contributed by atoms with Crippen molar-refractivity contribution < 1.29 is 19.1 Å². The van der Waals surface area contributed by atoms with Gasteiger partial charge in [0.05, 0.1) is 43.5 Å². The number of hydrogen-bond acceptors (Lipinski definition) is 5. The molecule has 3 aliphatic rings. The molecule has 0 aliphatic carbocycles. The van der Waals surface area contributed by atoms with E-state index in [2.05, 4.69) is 10.3 Å². The summed E-state index contributed by atoms with van der Waals surface area (Å²) >= 11 is 0. The lowest BCUT2D eigenvalue weighted by Crippen LogP contribution is -2.42. The van der Waals surface area contributed by atoms with Crippen LogP contribution in [0.2, 0.25) is 0 Å². The summed E-state index contributed by atoms with van der Waals surface area (Å²) in [7, 11) is 0. The highest BCUT2D eigenvalue weighted by atomic mass is 16.5. The van der Waals surface area contributed by atoms with E-state index in [9.17, 15) is 9.59 Å². The Kier molecular flexibility index (Phi) is 4.67. The van der Waals surface area contributed by atoms with Crippen LogP contribution in [-0.2, 0) is 19.1 Å². The molecule has 0 bridgehead atoms. The second kappa shape index (κ2) is 7.09. The average molecular weight is 345 g/mol. The van der Waals surface area contributed by atoms with Crippen molar-refractivity contribution >= 4 is 17.5 Å². The second-order valence-electron chi connectivity index (χ2n) is 7.10. The highest BCUT2D eigenvalue weighted by Gasteiger charge is 2.46. The number of hydrogen-bond donors (Lipinski definition) is 1. The lowest BCUT2D eigenvalue weighted by molar-refractivity contribution is -0.135. The van der Waals surface area contributed by atoms with Gasteiger partial charge in [-0.05, 0) is 24.5 Å². The number of rotatable bonds is 3. The number of carbonyl (C=O) groups is 2. The van der Waals surface area contributed by atoms with Gasteiger partial charge in [-0.3, -0.25) is 14.6 Å². The Balaban J connectivity index is 1.42. The first-order chi connectivity index (χ1) is 12.2. The van der Waals surface area contributed by atoms with Crippen LogP contribution in [0.5, 0.6) is 0 Å². The molecule has 2 amide bonds. The molecule has 7 heteroatoms. The van der Waals surface area contributed by atoms with Crippen LogP contribution in [-0.4, -0.2) is 61.2 Å². The standard InChI is InChI=1S/C18H23N3O4/c22-17(20-14-2-1-4-19-6-14)16-11-25-10-13-7-21(8-15(13)16)18(23)12-3-5-24-9-12/h1-2,4,6,12-13,15-16H,3,5,7-11H2,(H,20,22)/t12?,13-,15-,16-/m1/s1. The van der Waals surface area contributed by atoms with E-state index in [0.29, 0.717) is 45.2 Å². The number of nitrogens with one attached hydrogen (secondary N) is 1. The van der Waals surface area contributed by atoms with Gasteiger partial charge in [0.2, 0.25) is 11.8 Å². The number of pyridine rings is 1. The Bertz CT molecular complexity index is 632. The van der Waals surface area contributed by atoms with Crippen LogP contribution in [0.25, 0.3) is 0 Å². The summed E-state index contributed by atoms with van der Waals surface area (Å²) in [5.41, 5.74) is 0.684. The van der Waals surface area contributed by atoms with E-state index in [1.54, 1.807) is 18.5 Å². The summed E-state index contributed by atoms with van der Waals surface area (Å²) in [4.78, 5) is 31.3. The maximum atomic E-state index is 12.7. The third-order valence-corrected chi connectivity index (χ3v) is 5.49. The molecule has 7 nitrogen and oxygen atoms in total. The zero-order valence-corrected chi connectivity index (χ0v) is 14.1. The van der Waals surface area contributed by atoms with Gasteiger partial charge in [0.15, 0.2) is 0 Å². The zero-order valence-electron chi connectivity index (χ0n) is 14.1. The monoisotopic (exact) mass is 345 g/mol. The van der Waals surface area contributed by atoms with Crippen LogP contribution in [0, 0.1) is 23.7 Å². The van der Waals surface area contributed by atoms with Crippen molar-refractivity contribution in [3.63, 3.8) is 0 Å². The van der Waals surface area contributed by atoms with E-state index < -0.39 is 0 Å². The molecule has 0 saturated carbocycles. The molecule has 0 spiro atoms. The molecule has 0 aromatic carbocycles. The molecular formula is C18H23N3O4. The highest BCUT2D eigenvalue weighted by molar-refractivity contribution is 5.93. The fourth-order valence-electron chi connectivity index (χ4n) is 4.11. The summed E-state index contributed by atoms with van der Waals surface area (Å²) < 4.78 is 11.0. The van der Waals surface area contributed by atoms with E-state index in [-0.39, 0.29) is 35.5 Å². The van der Waals surface area contributed by atoms with Gasteiger partial charge in [-0.25, -0.2) is 0 Å². The number of aromatic nitrogens is 1. The first kappa shape index (κ1) is 16.5. The molecule has 25 heavy (non-hydrogen) atoms. The van der Waals surface area contributed by atoms with Gasteiger partial charge in [-0.15, -0.1) is 0 Å². The molecule has 4 rings (SSSR count). The Morgan fingerprint density at radius 1 is 1.20 bits per heavy atom. The Hall–Kier alpha value is -1.99. The summed E-state index contributed by atoms with van der Waals surface area (Å²) in [6.45, 7) is 3.52. The number of fused-ring (bicyclic) bond motifs is 1. The third-order valence-electron chi connectivity index (χ3n) is 5.49. The van der Waals surface area contributed by atoms with Crippen LogP contribution >= 0.6 is 0 Å². The summed E-state index contributed by atoms with van der Waals surface area (Å²) in [6, 6.07) is 3.60. The van der Waals surface area contributed by atoms with E-state index >= 15 is 0 Å². The van der Waals surface area contributed by atoms with Gasteiger partial charge in [0.1, 0.15) is 0 Å². The predicted octanol–water partition coefficient (Wildman–Crippen LogP) is 0.778. The van der Waals surface area contributed by atoms with Crippen molar-refractivity contribution in [3.05, 3.63) is 24.5 Å². The van der Waals surface area contributed by atoms with Crippen LogP contribution in [0.3, 0.4) is 0 Å². The van der Waals surface area contributed by atoms with Crippen LogP contribution < -0.4 is 5.32 Å². The van der Waals surface area contributed by atoms with E-state index in [4.69, 9.17) is 9.47 Å². The lowest BCUT2D eigenvalue weighted by Gasteiger charge is -2.31. The maximum Gasteiger partial charge on any atom is 0.230 e. The minimum Gasteiger partial charge on any atom is -0.381 e. The molecule has 1 N–H and O–H groups in total. The van der Waals surface area contributed by atoms with Gasteiger partial charge in [-0.1, -0.05) is 0 Å². The van der Waals surface area contributed by atoms with Crippen molar-refractivity contribution in [2.45, 2.75) is 6.42 Å². The van der Waals surface area contributed by atoms with Gasteiger partial charge < -0.3 is 19.7 Å². The molecule has 1 aromatic rings. The molecule has 3 fully saturated rings. The van der Waals surface area contributed by atoms with Gasteiger partial charge >= 0.3 is 0 Å². The van der Waals surface area contributed by atoms with Gasteiger partial charge in [0, 0.05) is 31.8 Å². The van der Waals surface area contributed by atoms with Gasteiger partial charge in [-0.2, -0.15) is 0 Å². The van der Waals surface area contributed by atoms with E-state index in [0.717, 1.165) is 6.42 Å². The number of ether oxygens (including phenoxy) is 2. The first-order valence-corrected chi connectivity index (χ1v) is 8.87. The molecule has 4 heterocycles. The number of nitrogens with zero attached hydrogens (tertiary/aromatic N) is 2. The summed E-state index contributed by atoms with van der Waals surface area (Å²) in [6.07, 6.45) is 4.10. The molecule has 3 saturated heterocycles. The average Bonchev–Trinajstić information content (AvgIpc) is 3.31. The Morgan fingerprint density at radius 2 is 2.12 bits per heavy atom. The summed E-state index contributed by atoms with van der Waals surface area (Å²) in [5.74, 6) is 0.223. The topological polar surface area (TPSA) is 80.8 Å². The molecule has 1 unspecified atom stereocenters. The fourth-order valence-corrected chi connectivity index (χ4v) is 4.11. The number of likely N-dealkylation sites (tertiary alicyclic amines) is 1. The van der Waals surface area contributed by atoms with Crippen molar-refractivity contribution in [1.29, 1.82) is 0 Å². The number of amides is 2. The van der Waals surface area contributed by atoms with Crippen molar-refractivity contribution in [2.75, 3.05) is 44.8 Å². The highest BCUT2D eigenvalue weighted by Crippen LogP contribution is 2.35. The van der Waals surface area contributed by atoms with Crippen molar-refractivity contribution in [1.82, 2.24) is 9.88 Å². The Morgan fingerprint density at radius 3 is 2.88 bits per heavy atom. The zero-order chi connectivity index (χ0) is 17.2. The minimum atomic E-state index is -0.239. The SMILES string of the molecule is O=C(Nc1cccnc1)[C@@H]1COC[C@H]2CN(C(=O)C3CCOC3)C[C@H]21. The first-order valence-electron chi connectivity index (χ1n) is 8.87. The van der Waals surface area contributed by atoms with Crippen LogP contribution in [0.15, 0.2) is 24.5 Å². The minimum absolute atomic E-state index is 0.0243. The smallest absolute Gasteiger partial charge is 0.230 e. The maximum absolute atomic E-state index is 12.7. The Labute approximate surface area is 146 Å². The normalized spacial score (nSPS) is 31.6. The van der Waals surface area contributed by atoms with Crippen molar-refractivity contribution in [2.24, 2.45) is 23.7 Å². The second-order valence-corrected chi connectivity index (χ2v) is 7.10. The number of anilines is 1. The van der Waals surface area contributed by atoms with Crippen molar-refractivity contribution in [3.8, 4) is 0 Å². The van der Waals surface area contributed by atoms with Gasteiger partial charge in [0.25, 0.3) is 0 Å². The lowest BCUT2D eigenvalue weighted by atomic mass is 9.82. The largest absolute Gasteiger partial charge is 0.381 e. The molecule has 3 aliphatic heterocycles. The third kappa shape index (κ3) is 3.39. The number of carbonyl (C=O) groups excluding carboxylic acids is 2. The summed E-state index contributed by atoms with van der Waals surface area (Å²) in [5, 5.41) is 2.92. The predicted molar refractivity (Wildman–Crippen MR) is 89.7 cm³/mol. The molecule has 0 radical (unpaired) electrons. The fraction of sp³-hybridized carbons (Fsp3) is 0.611. The molecule has 134 valence electrons. The molecular weight excluding hydrogens is 322 g/mol. The quantitative estimate of drug-likeness (QED) is 0.875. The van der Waals surface area contributed by atoms with E-state index in [1.165, 1.54) is 0 Å². The van der Waals surface area contributed by atoms with Crippen LogP contribution in [0.1, 0.15) is 6.42 Å². The van der Waals surface area contributed by atoms with E-state index in [1.807, 2.05) is 11.0 Å². The molecule has 4 atom stereocenters.